The normalized spacial score (nSPS) is 14.2. The van der Waals surface area contributed by atoms with Crippen molar-refractivity contribution in [3.05, 3.63) is 35.9 Å². The molecule has 4 N–H and O–H groups in total. The van der Waals surface area contributed by atoms with Crippen LogP contribution in [0.3, 0.4) is 0 Å². The summed E-state index contributed by atoms with van der Waals surface area (Å²) >= 11 is 0. The summed E-state index contributed by atoms with van der Waals surface area (Å²) in [5.41, 5.74) is 12.1. The van der Waals surface area contributed by atoms with Gasteiger partial charge < -0.3 is 16.2 Å². The Kier molecular flexibility index (Phi) is 5.66. The van der Waals surface area contributed by atoms with Crippen LogP contribution in [0.4, 0.5) is 0 Å². The molecule has 0 heterocycles. The van der Waals surface area contributed by atoms with Gasteiger partial charge in [0.05, 0.1) is 12.7 Å². The van der Waals surface area contributed by atoms with Gasteiger partial charge in [0.25, 0.3) is 0 Å². The van der Waals surface area contributed by atoms with Gasteiger partial charge in [0.2, 0.25) is 5.91 Å². The molecule has 1 rings (SSSR count). The van der Waals surface area contributed by atoms with Crippen molar-refractivity contribution in [1.82, 2.24) is 0 Å². The topological polar surface area (TPSA) is 78.3 Å². The molecule has 0 bridgehead atoms. The van der Waals surface area contributed by atoms with Gasteiger partial charge in [0.1, 0.15) is 0 Å². The SMILES string of the molecule is C[C@H](OCc1ccccc1)[C@H](N)CCC(N)=O. The summed E-state index contributed by atoms with van der Waals surface area (Å²) in [6, 6.07) is 9.74. The Hall–Kier alpha value is -1.39. The predicted octanol–water partition coefficient (Wildman–Crippen LogP) is 1.18. The summed E-state index contributed by atoms with van der Waals surface area (Å²) in [4.78, 5) is 10.6. The Bertz CT molecular complexity index is 341. The number of benzene rings is 1. The van der Waals surface area contributed by atoms with Crippen LogP contribution in [0.5, 0.6) is 0 Å². The first-order valence-electron chi connectivity index (χ1n) is 5.79. The molecule has 4 nitrogen and oxygen atoms in total. The van der Waals surface area contributed by atoms with Crippen LogP contribution in [0.25, 0.3) is 0 Å². The Morgan fingerprint density at radius 2 is 2.00 bits per heavy atom. The van der Waals surface area contributed by atoms with Crippen molar-refractivity contribution in [3.8, 4) is 0 Å². The van der Waals surface area contributed by atoms with Crippen molar-refractivity contribution in [2.75, 3.05) is 0 Å². The molecular weight excluding hydrogens is 216 g/mol. The number of ether oxygens (including phenoxy) is 1. The van der Waals surface area contributed by atoms with E-state index in [0.717, 1.165) is 5.56 Å². The molecule has 94 valence electrons. The van der Waals surface area contributed by atoms with Gasteiger partial charge in [0.15, 0.2) is 0 Å². The van der Waals surface area contributed by atoms with Gasteiger partial charge in [-0.2, -0.15) is 0 Å². The van der Waals surface area contributed by atoms with E-state index in [1.807, 2.05) is 37.3 Å². The zero-order valence-corrected chi connectivity index (χ0v) is 10.1. The minimum absolute atomic E-state index is 0.0884. The Balaban J connectivity index is 2.29. The summed E-state index contributed by atoms with van der Waals surface area (Å²) in [5, 5.41) is 0. The molecule has 2 atom stereocenters. The summed E-state index contributed by atoms with van der Waals surface area (Å²) in [5.74, 6) is -0.323. The third kappa shape index (κ3) is 5.47. The van der Waals surface area contributed by atoms with E-state index in [1.165, 1.54) is 0 Å². The highest BCUT2D eigenvalue weighted by molar-refractivity contribution is 5.73. The fourth-order valence-corrected chi connectivity index (χ4v) is 1.47. The van der Waals surface area contributed by atoms with Gasteiger partial charge in [0, 0.05) is 12.5 Å². The van der Waals surface area contributed by atoms with Crippen LogP contribution in [0.2, 0.25) is 0 Å². The Morgan fingerprint density at radius 3 is 2.59 bits per heavy atom. The van der Waals surface area contributed by atoms with Crippen LogP contribution >= 0.6 is 0 Å². The number of amides is 1. The highest BCUT2D eigenvalue weighted by atomic mass is 16.5. The molecule has 17 heavy (non-hydrogen) atoms. The zero-order valence-electron chi connectivity index (χ0n) is 10.1. The van der Waals surface area contributed by atoms with Gasteiger partial charge in [-0.1, -0.05) is 30.3 Å². The smallest absolute Gasteiger partial charge is 0.217 e. The van der Waals surface area contributed by atoms with E-state index >= 15 is 0 Å². The average Bonchev–Trinajstić information content (AvgIpc) is 2.34. The van der Waals surface area contributed by atoms with Gasteiger partial charge >= 0.3 is 0 Å². The molecule has 0 radical (unpaired) electrons. The zero-order chi connectivity index (χ0) is 12.7. The molecule has 0 saturated heterocycles. The fourth-order valence-electron chi connectivity index (χ4n) is 1.47. The number of carbonyl (C=O) groups excluding carboxylic acids is 1. The fraction of sp³-hybridized carbons (Fsp3) is 0.462. The average molecular weight is 236 g/mol. The number of rotatable bonds is 7. The summed E-state index contributed by atoms with van der Waals surface area (Å²) in [6.45, 7) is 2.45. The lowest BCUT2D eigenvalue weighted by Crippen LogP contribution is -2.35. The molecule has 0 unspecified atom stereocenters. The maximum absolute atomic E-state index is 10.6. The van der Waals surface area contributed by atoms with E-state index in [2.05, 4.69) is 0 Å². The van der Waals surface area contributed by atoms with Gasteiger partial charge in [-0.3, -0.25) is 4.79 Å². The van der Waals surface area contributed by atoms with Crippen molar-refractivity contribution >= 4 is 5.91 Å². The molecule has 4 heteroatoms. The Morgan fingerprint density at radius 1 is 1.35 bits per heavy atom. The van der Waals surface area contributed by atoms with Crippen molar-refractivity contribution in [2.45, 2.75) is 38.5 Å². The first kappa shape index (κ1) is 13.7. The van der Waals surface area contributed by atoms with Gasteiger partial charge in [-0.25, -0.2) is 0 Å². The molecule has 1 aromatic carbocycles. The lowest BCUT2D eigenvalue weighted by atomic mass is 10.1. The summed E-state index contributed by atoms with van der Waals surface area (Å²) in [6.07, 6.45) is 0.778. The monoisotopic (exact) mass is 236 g/mol. The van der Waals surface area contributed by atoms with E-state index < -0.39 is 0 Å². The maximum atomic E-state index is 10.6. The Labute approximate surface area is 102 Å². The lowest BCUT2D eigenvalue weighted by molar-refractivity contribution is -0.118. The van der Waals surface area contributed by atoms with E-state index in [4.69, 9.17) is 16.2 Å². The van der Waals surface area contributed by atoms with Gasteiger partial charge in [-0.05, 0) is 18.9 Å². The number of primary amides is 1. The standard InChI is InChI=1S/C13H20N2O2/c1-10(12(14)7-8-13(15)16)17-9-11-5-3-2-4-6-11/h2-6,10,12H,7-9,14H2,1H3,(H2,15,16)/t10-,12+/m0/s1. The maximum Gasteiger partial charge on any atom is 0.217 e. The number of nitrogens with two attached hydrogens (primary N) is 2. The second kappa shape index (κ2) is 7.04. The quantitative estimate of drug-likeness (QED) is 0.746. The van der Waals surface area contributed by atoms with Crippen molar-refractivity contribution in [3.63, 3.8) is 0 Å². The second-order valence-corrected chi connectivity index (χ2v) is 4.17. The highest BCUT2D eigenvalue weighted by Gasteiger charge is 2.14. The predicted molar refractivity (Wildman–Crippen MR) is 67.1 cm³/mol. The van der Waals surface area contributed by atoms with Crippen LogP contribution in [0.1, 0.15) is 25.3 Å². The minimum atomic E-state index is -0.323. The summed E-state index contributed by atoms with van der Waals surface area (Å²) in [7, 11) is 0. The first-order chi connectivity index (χ1) is 8.09. The van der Waals surface area contributed by atoms with Crippen LogP contribution in [0, 0.1) is 0 Å². The van der Waals surface area contributed by atoms with Crippen molar-refractivity contribution < 1.29 is 9.53 Å². The van der Waals surface area contributed by atoms with Crippen molar-refractivity contribution in [1.29, 1.82) is 0 Å². The molecule has 0 aliphatic carbocycles. The third-order valence-electron chi connectivity index (χ3n) is 2.68. The lowest BCUT2D eigenvalue weighted by Gasteiger charge is -2.20. The molecule has 0 aliphatic heterocycles. The van der Waals surface area contributed by atoms with Gasteiger partial charge in [-0.15, -0.1) is 0 Å². The molecule has 0 fully saturated rings. The number of hydrogen-bond acceptors (Lipinski definition) is 3. The molecule has 0 saturated carbocycles. The number of carbonyl (C=O) groups is 1. The molecule has 1 amide bonds. The second-order valence-electron chi connectivity index (χ2n) is 4.17. The first-order valence-corrected chi connectivity index (χ1v) is 5.79. The van der Waals surface area contributed by atoms with Crippen LogP contribution in [-0.2, 0) is 16.1 Å². The van der Waals surface area contributed by atoms with Crippen LogP contribution in [-0.4, -0.2) is 18.1 Å². The molecule has 0 aromatic heterocycles. The summed E-state index contributed by atoms with van der Waals surface area (Å²) < 4.78 is 5.64. The molecule has 0 spiro atoms. The molecular formula is C13H20N2O2. The molecule has 0 aliphatic rings. The largest absolute Gasteiger partial charge is 0.372 e. The van der Waals surface area contributed by atoms with E-state index in [9.17, 15) is 4.79 Å². The van der Waals surface area contributed by atoms with Crippen molar-refractivity contribution in [2.24, 2.45) is 11.5 Å². The van der Waals surface area contributed by atoms with Crippen LogP contribution < -0.4 is 11.5 Å². The van der Waals surface area contributed by atoms with E-state index in [-0.39, 0.29) is 18.1 Å². The molecule has 1 aromatic rings. The van der Waals surface area contributed by atoms with E-state index in [0.29, 0.717) is 19.4 Å². The minimum Gasteiger partial charge on any atom is -0.372 e. The number of hydrogen-bond donors (Lipinski definition) is 2. The highest BCUT2D eigenvalue weighted by Crippen LogP contribution is 2.07. The van der Waals surface area contributed by atoms with Crippen LogP contribution in [0.15, 0.2) is 30.3 Å². The third-order valence-corrected chi connectivity index (χ3v) is 2.68. The van der Waals surface area contributed by atoms with E-state index in [1.54, 1.807) is 0 Å².